The van der Waals surface area contributed by atoms with Crippen molar-refractivity contribution in [2.75, 3.05) is 12.8 Å². The fourth-order valence-electron chi connectivity index (χ4n) is 1.42. The van der Waals surface area contributed by atoms with Crippen molar-refractivity contribution in [1.82, 2.24) is 5.32 Å². The van der Waals surface area contributed by atoms with Crippen LogP contribution >= 0.6 is 0 Å². The Kier molecular flexibility index (Phi) is 4.09. The second kappa shape index (κ2) is 5.34. The molecule has 1 atom stereocenters. The van der Waals surface area contributed by atoms with Gasteiger partial charge in [-0.3, -0.25) is 4.79 Å². The second-order valence-corrected chi connectivity index (χ2v) is 3.79. The third-order valence-electron chi connectivity index (χ3n) is 2.23. The first-order valence-electron chi connectivity index (χ1n) is 5.23. The monoisotopic (exact) mass is 236 g/mol. The molecule has 0 aliphatic heterocycles. The number of amides is 1. The Morgan fingerprint density at radius 1 is 1.35 bits per heavy atom. The van der Waals surface area contributed by atoms with Gasteiger partial charge in [0.2, 0.25) is 0 Å². The first-order chi connectivity index (χ1) is 7.93. The smallest absolute Gasteiger partial charge is 0.338 e. The maximum atomic E-state index is 11.7. The molecular formula is C12H16N2O3. The molecule has 1 aromatic rings. The van der Waals surface area contributed by atoms with E-state index in [9.17, 15) is 9.59 Å². The summed E-state index contributed by atoms with van der Waals surface area (Å²) in [5, 5.41) is 2.40. The summed E-state index contributed by atoms with van der Waals surface area (Å²) in [5.41, 5.74) is 7.33. The lowest BCUT2D eigenvalue weighted by molar-refractivity contribution is -0.128. The second-order valence-electron chi connectivity index (χ2n) is 3.79. The molecule has 5 heteroatoms. The Morgan fingerprint density at radius 2 is 2.00 bits per heavy atom. The van der Waals surface area contributed by atoms with Crippen molar-refractivity contribution in [2.45, 2.75) is 20.0 Å². The van der Waals surface area contributed by atoms with Crippen LogP contribution in [0.4, 0.5) is 5.69 Å². The highest BCUT2D eigenvalue weighted by molar-refractivity contribution is 5.93. The zero-order valence-corrected chi connectivity index (χ0v) is 10.1. The summed E-state index contributed by atoms with van der Waals surface area (Å²) < 4.78 is 4.99. The Hall–Kier alpha value is -2.04. The van der Waals surface area contributed by atoms with Crippen LogP contribution in [0.3, 0.4) is 0 Å². The molecule has 0 aromatic heterocycles. The zero-order chi connectivity index (χ0) is 13.0. The van der Waals surface area contributed by atoms with E-state index >= 15 is 0 Å². The standard InChI is InChI=1S/C12H16N2O3/c1-7-4-9(6-10(13)5-7)12(16)17-8(2)11(15)14-3/h4-6,8H,13H2,1-3H3,(H,14,15). The first-order valence-corrected chi connectivity index (χ1v) is 5.23. The van der Waals surface area contributed by atoms with E-state index in [0.717, 1.165) is 5.56 Å². The van der Waals surface area contributed by atoms with Gasteiger partial charge in [0.15, 0.2) is 6.10 Å². The molecule has 0 saturated heterocycles. The van der Waals surface area contributed by atoms with Gasteiger partial charge in [-0.2, -0.15) is 0 Å². The molecule has 0 heterocycles. The predicted octanol–water partition coefficient (Wildman–Crippen LogP) is 0.869. The van der Waals surface area contributed by atoms with Crippen LogP contribution in [-0.4, -0.2) is 25.0 Å². The van der Waals surface area contributed by atoms with E-state index in [1.165, 1.54) is 20.0 Å². The molecule has 5 nitrogen and oxygen atoms in total. The zero-order valence-electron chi connectivity index (χ0n) is 10.1. The summed E-state index contributed by atoms with van der Waals surface area (Å²) in [7, 11) is 1.48. The number of aryl methyl sites for hydroxylation is 1. The number of hydrogen-bond donors (Lipinski definition) is 2. The number of anilines is 1. The Labute approximate surface area is 99.9 Å². The van der Waals surface area contributed by atoms with Crippen molar-refractivity contribution in [3.63, 3.8) is 0 Å². The SMILES string of the molecule is CNC(=O)C(C)OC(=O)c1cc(C)cc(N)c1. The number of benzene rings is 1. The number of ether oxygens (including phenoxy) is 1. The summed E-state index contributed by atoms with van der Waals surface area (Å²) in [5.74, 6) is -0.907. The first kappa shape index (κ1) is 13.0. The van der Waals surface area contributed by atoms with Gasteiger partial charge < -0.3 is 15.8 Å². The molecular weight excluding hydrogens is 220 g/mol. The lowest BCUT2D eigenvalue weighted by Crippen LogP contribution is -2.33. The average molecular weight is 236 g/mol. The van der Waals surface area contributed by atoms with E-state index in [2.05, 4.69) is 5.32 Å². The average Bonchev–Trinajstić information content (AvgIpc) is 2.26. The number of esters is 1. The van der Waals surface area contributed by atoms with Crippen LogP contribution in [0, 0.1) is 6.92 Å². The minimum absolute atomic E-state index is 0.346. The summed E-state index contributed by atoms with van der Waals surface area (Å²) in [6.45, 7) is 3.34. The van der Waals surface area contributed by atoms with Crippen molar-refractivity contribution in [1.29, 1.82) is 0 Å². The molecule has 1 aromatic carbocycles. The molecule has 0 aliphatic carbocycles. The summed E-state index contributed by atoms with van der Waals surface area (Å²) in [4.78, 5) is 22.9. The minimum atomic E-state index is -0.825. The van der Waals surface area contributed by atoms with Gasteiger partial charge in [0.05, 0.1) is 5.56 Å². The fourth-order valence-corrected chi connectivity index (χ4v) is 1.42. The number of nitrogens with one attached hydrogen (secondary N) is 1. The highest BCUT2D eigenvalue weighted by Crippen LogP contribution is 2.13. The van der Waals surface area contributed by atoms with Crippen molar-refractivity contribution >= 4 is 17.6 Å². The Morgan fingerprint density at radius 3 is 2.53 bits per heavy atom. The Balaban J connectivity index is 2.79. The number of nitrogens with two attached hydrogens (primary N) is 1. The maximum Gasteiger partial charge on any atom is 0.338 e. The van der Waals surface area contributed by atoms with Gasteiger partial charge in [-0.05, 0) is 37.6 Å². The van der Waals surface area contributed by atoms with Crippen LogP contribution in [0.5, 0.6) is 0 Å². The van der Waals surface area contributed by atoms with Gasteiger partial charge >= 0.3 is 5.97 Å². The highest BCUT2D eigenvalue weighted by atomic mass is 16.5. The van der Waals surface area contributed by atoms with Crippen molar-refractivity contribution in [2.24, 2.45) is 0 Å². The molecule has 1 amide bonds. The fraction of sp³-hybridized carbons (Fsp3) is 0.333. The van der Waals surface area contributed by atoms with Crippen LogP contribution in [0.15, 0.2) is 18.2 Å². The van der Waals surface area contributed by atoms with E-state index in [4.69, 9.17) is 10.5 Å². The van der Waals surface area contributed by atoms with E-state index in [-0.39, 0.29) is 5.91 Å². The van der Waals surface area contributed by atoms with Crippen LogP contribution in [0.2, 0.25) is 0 Å². The van der Waals surface area contributed by atoms with E-state index < -0.39 is 12.1 Å². The lowest BCUT2D eigenvalue weighted by Gasteiger charge is -2.12. The largest absolute Gasteiger partial charge is 0.449 e. The molecule has 0 aliphatic rings. The van der Waals surface area contributed by atoms with Gasteiger partial charge in [0, 0.05) is 12.7 Å². The van der Waals surface area contributed by atoms with Crippen molar-refractivity contribution in [3.05, 3.63) is 29.3 Å². The van der Waals surface area contributed by atoms with Crippen LogP contribution in [0.25, 0.3) is 0 Å². The van der Waals surface area contributed by atoms with Crippen LogP contribution in [-0.2, 0) is 9.53 Å². The number of carbonyl (C=O) groups excluding carboxylic acids is 2. The summed E-state index contributed by atoms with van der Waals surface area (Å²) in [6.07, 6.45) is -0.825. The third-order valence-corrected chi connectivity index (χ3v) is 2.23. The van der Waals surface area contributed by atoms with Gasteiger partial charge in [-0.25, -0.2) is 4.79 Å². The molecule has 0 bridgehead atoms. The molecule has 0 spiro atoms. The van der Waals surface area contributed by atoms with Gasteiger partial charge in [-0.1, -0.05) is 0 Å². The molecule has 0 radical (unpaired) electrons. The number of rotatable bonds is 3. The maximum absolute atomic E-state index is 11.7. The Bertz CT molecular complexity index is 423. The molecule has 0 fully saturated rings. The third kappa shape index (κ3) is 3.48. The topological polar surface area (TPSA) is 81.4 Å². The van der Waals surface area contributed by atoms with E-state index in [0.29, 0.717) is 11.3 Å². The molecule has 92 valence electrons. The molecule has 1 rings (SSSR count). The summed E-state index contributed by atoms with van der Waals surface area (Å²) in [6, 6.07) is 4.93. The number of nitrogen functional groups attached to an aromatic ring is 1. The normalized spacial score (nSPS) is 11.7. The number of carbonyl (C=O) groups is 2. The molecule has 1 unspecified atom stereocenters. The molecule has 3 N–H and O–H groups in total. The minimum Gasteiger partial charge on any atom is -0.449 e. The quantitative estimate of drug-likeness (QED) is 0.602. The summed E-state index contributed by atoms with van der Waals surface area (Å²) >= 11 is 0. The van der Waals surface area contributed by atoms with Gasteiger partial charge in [0.25, 0.3) is 5.91 Å². The lowest BCUT2D eigenvalue weighted by atomic mass is 10.1. The molecule has 17 heavy (non-hydrogen) atoms. The van der Waals surface area contributed by atoms with Gasteiger partial charge in [-0.15, -0.1) is 0 Å². The van der Waals surface area contributed by atoms with Crippen molar-refractivity contribution in [3.8, 4) is 0 Å². The number of likely N-dealkylation sites (N-methyl/N-ethyl adjacent to an activating group) is 1. The predicted molar refractivity (Wildman–Crippen MR) is 64.5 cm³/mol. The van der Waals surface area contributed by atoms with E-state index in [1.54, 1.807) is 12.1 Å². The van der Waals surface area contributed by atoms with Crippen molar-refractivity contribution < 1.29 is 14.3 Å². The number of hydrogen-bond acceptors (Lipinski definition) is 4. The molecule has 0 saturated carbocycles. The van der Waals surface area contributed by atoms with Crippen LogP contribution < -0.4 is 11.1 Å². The van der Waals surface area contributed by atoms with Gasteiger partial charge in [0.1, 0.15) is 0 Å². The highest BCUT2D eigenvalue weighted by Gasteiger charge is 2.17. The van der Waals surface area contributed by atoms with E-state index in [1.807, 2.05) is 6.92 Å². The van der Waals surface area contributed by atoms with Crippen LogP contribution in [0.1, 0.15) is 22.8 Å².